The van der Waals surface area contributed by atoms with Crippen molar-refractivity contribution in [2.24, 2.45) is 0 Å². The molecule has 0 saturated carbocycles. The Morgan fingerprint density at radius 2 is 1.65 bits per heavy atom. The van der Waals surface area contributed by atoms with Gasteiger partial charge < -0.3 is 33.2 Å². The Bertz CT molecular complexity index is 1460. The largest absolute Gasteiger partial charge is 0.493 e. The second-order valence-corrected chi connectivity index (χ2v) is 9.31. The second-order valence-electron chi connectivity index (χ2n) is 9.31. The average molecular weight is 604 g/mol. The maximum Gasteiger partial charge on any atom is 0.414 e. The van der Waals surface area contributed by atoms with E-state index in [-0.39, 0.29) is 70.9 Å². The second kappa shape index (κ2) is 12.8. The SMILES string of the molecule is COCOc1cc(C(=O)OC)cc2c1CC(=O)[C@@H]1[C@H](CN2C(=O)OCc2cc(OC)c(OC)cc2[N+](=O)[O-])N1C(=O)OC. The van der Waals surface area contributed by atoms with Gasteiger partial charge in [-0.15, -0.1) is 0 Å². The lowest BCUT2D eigenvalue weighted by Crippen LogP contribution is -2.39. The summed E-state index contributed by atoms with van der Waals surface area (Å²) in [6.45, 7) is -1.04. The normalized spacial score (nSPS) is 17.0. The molecule has 2 heterocycles. The number of nitrogens with zero attached hydrogens (tertiary/aromatic N) is 3. The van der Waals surface area contributed by atoms with E-state index in [0.717, 1.165) is 18.1 Å². The average Bonchev–Trinajstić information content (AvgIpc) is 3.73. The number of hydrogen-bond acceptors (Lipinski definition) is 13. The van der Waals surface area contributed by atoms with Crippen molar-refractivity contribution in [2.45, 2.75) is 25.1 Å². The van der Waals surface area contributed by atoms with Crippen molar-refractivity contribution in [3.63, 3.8) is 0 Å². The number of amides is 2. The molecule has 1 fully saturated rings. The Balaban J connectivity index is 1.77. The Morgan fingerprint density at radius 1 is 0.953 bits per heavy atom. The number of fused-ring (bicyclic) bond motifs is 2. The summed E-state index contributed by atoms with van der Waals surface area (Å²) in [5.74, 6) is -0.767. The molecule has 2 atom stereocenters. The highest BCUT2D eigenvalue weighted by Gasteiger charge is 2.58. The van der Waals surface area contributed by atoms with Crippen LogP contribution in [0.3, 0.4) is 0 Å². The van der Waals surface area contributed by atoms with Crippen molar-refractivity contribution < 1.29 is 57.3 Å². The van der Waals surface area contributed by atoms with Gasteiger partial charge >= 0.3 is 18.2 Å². The summed E-state index contributed by atoms with van der Waals surface area (Å²) < 4.78 is 36.2. The first-order valence-electron chi connectivity index (χ1n) is 12.7. The third-order valence-corrected chi connectivity index (χ3v) is 6.95. The van der Waals surface area contributed by atoms with Gasteiger partial charge in [-0.2, -0.15) is 0 Å². The van der Waals surface area contributed by atoms with Gasteiger partial charge in [-0.05, 0) is 18.2 Å². The zero-order chi connectivity index (χ0) is 31.4. The Hall–Kier alpha value is -5.12. The van der Waals surface area contributed by atoms with Crippen LogP contribution in [0.1, 0.15) is 21.5 Å². The molecule has 2 aromatic rings. The van der Waals surface area contributed by atoms with Crippen molar-refractivity contribution in [1.82, 2.24) is 4.90 Å². The molecule has 0 aromatic heterocycles. The van der Waals surface area contributed by atoms with E-state index in [1.165, 1.54) is 51.5 Å². The van der Waals surface area contributed by atoms with Crippen LogP contribution in [0.25, 0.3) is 0 Å². The lowest BCUT2D eigenvalue weighted by Gasteiger charge is -2.27. The van der Waals surface area contributed by atoms with Crippen LogP contribution in [0, 0.1) is 10.1 Å². The fourth-order valence-corrected chi connectivity index (χ4v) is 4.88. The number of ketones is 1. The zero-order valence-electron chi connectivity index (χ0n) is 23.9. The first kappa shape index (κ1) is 30.8. The quantitative estimate of drug-likeness (QED) is 0.102. The molecule has 16 nitrogen and oxygen atoms in total. The molecule has 43 heavy (non-hydrogen) atoms. The molecule has 0 unspecified atom stereocenters. The number of carbonyl (C=O) groups excluding carboxylic acids is 4. The summed E-state index contributed by atoms with van der Waals surface area (Å²) >= 11 is 0. The molecular formula is C27H29N3O13. The van der Waals surface area contributed by atoms with Crippen molar-refractivity contribution >= 4 is 35.3 Å². The molecule has 0 radical (unpaired) electrons. The number of nitro groups is 1. The van der Waals surface area contributed by atoms with Gasteiger partial charge in [-0.1, -0.05) is 0 Å². The number of benzene rings is 2. The molecule has 2 aromatic carbocycles. The molecule has 230 valence electrons. The van der Waals surface area contributed by atoms with E-state index in [2.05, 4.69) is 0 Å². The van der Waals surface area contributed by atoms with E-state index in [1.807, 2.05) is 0 Å². The van der Waals surface area contributed by atoms with Gasteiger partial charge in [0.05, 0.1) is 68.8 Å². The first-order valence-corrected chi connectivity index (χ1v) is 12.7. The van der Waals surface area contributed by atoms with Crippen LogP contribution in [0.15, 0.2) is 24.3 Å². The number of anilines is 1. The summed E-state index contributed by atoms with van der Waals surface area (Å²) in [6, 6.07) is 3.48. The van der Waals surface area contributed by atoms with E-state index in [9.17, 15) is 29.3 Å². The number of ether oxygens (including phenoxy) is 7. The van der Waals surface area contributed by atoms with E-state index in [0.29, 0.717) is 0 Å². The third kappa shape index (κ3) is 6.08. The maximum absolute atomic E-state index is 13.7. The van der Waals surface area contributed by atoms with Gasteiger partial charge in [0.25, 0.3) is 5.69 Å². The Kier molecular flexibility index (Phi) is 9.18. The molecule has 0 aliphatic carbocycles. The monoisotopic (exact) mass is 603 g/mol. The third-order valence-electron chi connectivity index (χ3n) is 6.95. The van der Waals surface area contributed by atoms with Gasteiger partial charge in [0.15, 0.2) is 24.1 Å². The predicted molar refractivity (Wildman–Crippen MR) is 145 cm³/mol. The Labute approximate surface area is 245 Å². The fraction of sp³-hybridized carbons (Fsp3) is 0.407. The number of nitro benzene ring substituents is 1. The van der Waals surface area contributed by atoms with Gasteiger partial charge in [-0.25, -0.2) is 14.4 Å². The molecule has 2 amide bonds. The maximum atomic E-state index is 13.7. The van der Waals surface area contributed by atoms with Crippen LogP contribution < -0.4 is 19.1 Å². The van der Waals surface area contributed by atoms with Gasteiger partial charge in [-0.3, -0.25) is 24.7 Å². The van der Waals surface area contributed by atoms with E-state index >= 15 is 0 Å². The highest BCUT2D eigenvalue weighted by atomic mass is 16.7. The first-order chi connectivity index (χ1) is 20.6. The standard InChI is InChI=1S/C27H29N3O13/c1-37-13-43-21-7-14(25(32)40-4)6-18-16(21)9-20(31)24-19(29(24)27(34)41-5)11-28(18)26(33)42-12-15-8-22(38-2)23(39-3)10-17(15)30(35)36/h6-8,10,19,24H,9,11-13H2,1-5H3/t19-,24-,29?/m0/s1. The van der Waals surface area contributed by atoms with Crippen LogP contribution in [-0.4, -0.2) is 94.7 Å². The summed E-state index contributed by atoms with van der Waals surface area (Å²) in [5.41, 5.74) is -0.0908. The number of rotatable bonds is 9. The highest BCUT2D eigenvalue weighted by Crippen LogP contribution is 2.41. The van der Waals surface area contributed by atoms with Crippen molar-refractivity contribution in [3.8, 4) is 17.2 Å². The molecule has 16 heteroatoms. The highest BCUT2D eigenvalue weighted by molar-refractivity contribution is 6.01. The number of methoxy groups -OCH3 is 5. The lowest BCUT2D eigenvalue weighted by molar-refractivity contribution is -0.385. The molecular weight excluding hydrogens is 574 g/mol. The van der Waals surface area contributed by atoms with Gasteiger partial charge in [0, 0.05) is 19.1 Å². The van der Waals surface area contributed by atoms with Crippen molar-refractivity contribution in [3.05, 3.63) is 51.1 Å². The van der Waals surface area contributed by atoms with Gasteiger partial charge in [0.2, 0.25) is 0 Å². The summed E-state index contributed by atoms with van der Waals surface area (Å²) in [7, 11) is 6.37. The molecule has 2 aliphatic heterocycles. The smallest absolute Gasteiger partial charge is 0.414 e. The van der Waals surface area contributed by atoms with Crippen LogP contribution in [0.5, 0.6) is 17.2 Å². The van der Waals surface area contributed by atoms with Crippen LogP contribution >= 0.6 is 0 Å². The minimum Gasteiger partial charge on any atom is -0.493 e. The molecule has 2 aliphatic rings. The van der Waals surface area contributed by atoms with Crippen LogP contribution in [-0.2, 0) is 36.8 Å². The molecule has 4 rings (SSSR count). The number of hydrogen-bond donors (Lipinski definition) is 0. The van der Waals surface area contributed by atoms with E-state index in [1.54, 1.807) is 0 Å². The minimum atomic E-state index is -0.991. The number of esters is 1. The van der Waals surface area contributed by atoms with Crippen molar-refractivity contribution in [2.75, 3.05) is 53.8 Å². The van der Waals surface area contributed by atoms with Crippen molar-refractivity contribution in [1.29, 1.82) is 0 Å². The Morgan fingerprint density at radius 3 is 2.26 bits per heavy atom. The van der Waals surface area contributed by atoms with Crippen LogP contribution in [0.2, 0.25) is 0 Å². The molecule has 0 N–H and O–H groups in total. The number of Topliss-reactive ketones (excluding diaryl/α,β-unsaturated/α-hetero) is 1. The minimum absolute atomic E-state index is 0.00589. The zero-order valence-corrected chi connectivity index (χ0v) is 23.9. The van der Waals surface area contributed by atoms with E-state index < -0.39 is 41.8 Å². The molecule has 0 bridgehead atoms. The van der Waals surface area contributed by atoms with E-state index in [4.69, 9.17) is 33.2 Å². The van der Waals surface area contributed by atoms with Gasteiger partial charge in [0.1, 0.15) is 18.4 Å². The summed E-state index contributed by atoms with van der Waals surface area (Å²) in [6.07, 6.45) is -2.04. The molecule has 1 saturated heterocycles. The fourth-order valence-electron chi connectivity index (χ4n) is 4.88. The lowest BCUT2D eigenvalue weighted by atomic mass is 9.97. The summed E-state index contributed by atoms with van der Waals surface area (Å²) in [5, 5.41) is 11.8. The predicted octanol–water partition coefficient (Wildman–Crippen LogP) is 2.47. The topological polar surface area (TPSA) is 182 Å². The van der Waals surface area contributed by atoms with Crippen LogP contribution in [0.4, 0.5) is 21.0 Å². The summed E-state index contributed by atoms with van der Waals surface area (Å²) in [4.78, 5) is 65.3. The molecule has 0 spiro atoms. The number of carbonyl (C=O) groups is 4.